The van der Waals surface area contributed by atoms with Gasteiger partial charge in [-0.15, -0.1) is 0 Å². The summed E-state index contributed by atoms with van der Waals surface area (Å²) in [7, 11) is -3.23. The number of rotatable bonds is 6. The van der Waals surface area contributed by atoms with Gasteiger partial charge in [0.15, 0.2) is 9.84 Å². The summed E-state index contributed by atoms with van der Waals surface area (Å²) in [4.78, 5) is 0.369. The first-order valence-electron chi connectivity index (χ1n) is 7.00. The molecule has 0 bridgehead atoms. The summed E-state index contributed by atoms with van der Waals surface area (Å²) in [5.74, 6) is 0.1000. The number of anilines is 1. The third kappa shape index (κ3) is 4.21. The van der Waals surface area contributed by atoms with Gasteiger partial charge in [0, 0.05) is 6.04 Å². The first-order chi connectivity index (χ1) is 9.22. The van der Waals surface area contributed by atoms with E-state index in [0.717, 1.165) is 6.42 Å². The Kier molecular flexibility index (Phi) is 5.59. The van der Waals surface area contributed by atoms with Gasteiger partial charge in [-0.3, -0.25) is 0 Å². The monoisotopic (exact) mass is 298 g/mol. The van der Waals surface area contributed by atoms with Gasteiger partial charge < -0.3 is 11.1 Å². The molecule has 4 nitrogen and oxygen atoms in total. The van der Waals surface area contributed by atoms with Crippen molar-refractivity contribution >= 4 is 15.5 Å². The van der Waals surface area contributed by atoms with E-state index in [4.69, 9.17) is 5.73 Å². The van der Waals surface area contributed by atoms with Crippen LogP contribution in [-0.4, -0.2) is 26.8 Å². The van der Waals surface area contributed by atoms with E-state index in [1.165, 1.54) is 0 Å². The molecule has 5 heteroatoms. The number of nitrogens with two attached hydrogens (primary N) is 1. The zero-order valence-corrected chi connectivity index (χ0v) is 13.6. The maximum Gasteiger partial charge on any atom is 0.180 e. The largest absolute Gasteiger partial charge is 0.381 e. The van der Waals surface area contributed by atoms with E-state index in [9.17, 15) is 8.42 Å². The molecule has 0 aliphatic rings. The highest BCUT2D eigenvalue weighted by Gasteiger charge is 2.26. The van der Waals surface area contributed by atoms with Gasteiger partial charge in [-0.25, -0.2) is 8.42 Å². The molecule has 3 N–H and O–H groups in total. The summed E-state index contributed by atoms with van der Waals surface area (Å²) in [6.07, 6.45) is 0.796. The third-order valence-electron chi connectivity index (χ3n) is 3.43. The molecule has 0 aliphatic carbocycles. The minimum absolute atomic E-state index is 0.00244. The summed E-state index contributed by atoms with van der Waals surface area (Å²) in [5.41, 5.74) is 6.34. The number of sulfone groups is 1. The van der Waals surface area contributed by atoms with Crippen molar-refractivity contribution in [2.24, 2.45) is 11.1 Å². The molecule has 0 amide bonds. The number of para-hydroxylation sites is 1. The first kappa shape index (κ1) is 17.0. The van der Waals surface area contributed by atoms with Gasteiger partial charge in [-0.1, -0.05) is 39.8 Å². The molecule has 114 valence electrons. The second kappa shape index (κ2) is 6.59. The number of hydrogen-bond donors (Lipinski definition) is 2. The summed E-state index contributed by atoms with van der Waals surface area (Å²) >= 11 is 0. The molecule has 0 fully saturated rings. The Bertz CT molecular complexity index is 533. The lowest BCUT2D eigenvalue weighted by Crippen LogP contribution is -2.36. The third-order valence-corrected chi connectivity index (χ3v) is 5.22. The van der Waals surface area contributed by atoms with Crippen molar-refractivity contribution < 1.29 is 8.42 Å². The van der Waals surface area contributed by atoms with Crippen LogP contribution in [0.5, 0.6) is 0 Å². The highest BCUT2D eigenvalue weighted by molar-refractivity contribution is 7.91. The SMILES string of the molecule is CCS(=O)(=O)c1ccccc1NC(CCN)C(C)(C)C. The molecule has 0 saturated carbocycles. The molecule has 1 aromatic carbocycles. The summed E-state index contributed by atoms with van der Waals surface area (Å²) in [5, 5.41) is 3.37. The Morgan fingerprint density at radius 1 is 1.25 bits per heavy atom. The van der Waals surface area contributed by atoms with Crippen LogP contribution >= 0.6 is 0 Å². The zero-order chi connectivity index (χ0) is 15.4. The lowest BCUT2D eigenvalue weighted by molar-refractivity contribution is 0.328. The molecule has 0 aromatic heterocycles. The molecule has 1 aromatic rings. The molecular formula is C15H26N2O2S. The van der Waals surface area contributed by atoms with Crippen LogP contribution in [0.2, 0.25) is 0 Å². The molecule has 0 aliphatic heterocycles. The molecule has 1 atom stereocenters. The van der Waals surface area contributed by atoms with Crippen LogP contribution in [-0.2, 0) is 9.84 Å². The quantitative estimate of drug-likeness (QED) is 0.847. The van der Waals surface area contributed by atoms with Crippen LogP contribution in [0.3, 0.4) is 0 Å². The van der Waals surface area contributed by atoms with Crippen LogP contribution < -0.4 is 11.1 Å². The van der Waals surface area contributed by atoms with Crippen LogP contribution in [0, 0.1) is 5.41 Å². The lowest BCUT2D eigenvalue weighted by Gasteiger charge is -2.32. The van der Waals surface area contributed by atoms with E-state index < -0.39 is 9.84 Å². The Morgan fingerprint density at radius 3 is 2.35 bits per heavy atom. The van der Waals surface area contributed by atoms with E-state index in [1.807, 2.05) is 12.1 Å². The van der Waals surface area contributed by atoms with Crippen LogP contribution in [0.4, 0.5) is 5.69 Å². The van der Waals surface area contributed by atoms with Gasteiger partial charge in [0.05, 0.1) is 16.3 Å². The maximum atomic E-state index is 12.1. The fourth-order valence-electron chi connectivity index (χ4n) is 2.09. The van der Waals surface area contributed by atoms with Crippen molar-refractivity contribution in [1.29, 1.82) is 0 Å². The van der Waals surface area contributed by atoms with Crippen molar-refractivity contribution in [3.05, 3.63) is 24.3 Å². The van der Waals surface area contributed by atoms with Gasteiger partial charge in [0.2, 0.25) is 0 Å². The molecule has 0 saturated heterocycles. The standard InChI is InChI=1S/C15H26N2O2S/c1-5-20(18,19)13-9-7-6-8-12(13)17-14(10-11-16)15(2,3)4/h6-9,14,17H,5,10-11,16H2,1-4H3. The lowest BCUT2D eigenvalue weighted by atomic mass is 9.84. The van der Waals surface area contributed by atoms with Gasteiger partial charge in [-0.05, 0) is 30.5 Å². The molecule has 1 unspecified atom stereocenters. The van der Waals surface area contributed by atoms with E-state index in [-0.39, 0.29) is 17.2 Å². The summed E-state index contributed by atoms with van der Waals surface area (Å²) in [6, 6.07) is 7.20. The average molecular weight is 298 g/mol. The maximum absolute atomic E-state index is 12.1. The Balaban J connectivity index is 3.15. The molecule has 0 spiro atoms. The van der Waals surface area contributed by atoms with E-state index >= 15 is 0 Å². The molecule has 0 heterocycles. The smallest absolute Gasteiger partial charge is 0.180 e. The van der Waals surface area contributed by atoms with Gasteiger partial charge in [0.25, 0.3) is 0 Å². The molecular weight excluding hydrogens is 272 g/mol. The number of benzene rings is 1. The topological polar surface area (TPSA) is 72.2 Å². The highest BCUT2D eigenvalue weighted by atomic mass is 32.2. The van der Waals surface area contributed by atoms with Crippen LogP contribution in [0.25, 0.3) is 0 Å². The van der Waals surface area contributed by atoms with Crippen LogP contribution in [0.15, 0.2) is 29.2 Å². The highest BCUT2D eigenvalue weighted by Crippen LogP contribution is 2.29. The van der Waals surface area contributed by atoms with E-state index in [0.29, 0.717) is 17.1 Å². The van der Waals surface area contributed by atoms with Crippen molar-refractivity contribution in [1.82, 2.24) is 0 Å². The first-order valence-corrected chi connectivity index (χ1v) is 8.66. The predicted molar refractivity (Wildman–Crippen MR) is 84.7 cm³/mol. The normalized spacial score (nSPS) is 14.1. The molecule has 1 rings (SSSR count). The molecule has 0 radical (unpaired) electrons. The fraction of sp³-hybridized carbons (Fsp3) is 0.600. The summed E-state index contributed by atoms with van der Waals surface area (Å²) < 4.78 is 24.3. The predicted octanol–water partition coefficient (Wildman–Crippen LogP) is 2.66. The number of nitrogens with one attached hydrogen (secondary N) is 1. The minimum atomic E-state index is -3.23. The number of hydrogen-bond acceptors (Lipinski definition) is 4. The van der Waals surface area contributed by atoms with Crippen molar-refractivity contribution in [2.75, 3.05) is 17.6 Å². The fourth-order valence-corrected chi connectivity index (χ4v) is 3.15. The van der Waals surface area contributed by atoms with Crippen molar-refractivity contribution in [3.63, 3.8) is 0 Å². The van der Waals surface area contributed by atoms with Gasteiger partial charge >= 0.3 is 0 Å². The van der Waals surface area contributed by atoms with E-state index in [1.54, 1.807) is 19.1 Å². The average Bonchev–Trinajstić information content (AvgIpc) is 2.37. The van der Waals surface area contributed by atoms with Gasteiger partial charge in [0.1, 0.15) is 0 Å². The molecule has 20 heavy (non-hydrogen) atoms. The Labute approximate surface area is 122 Å². The van der Waals surface area contributed by atoms with Gasteiger partial charge in [-0.2, -0.15) is 0 Å². The van der Waals surface area contributed by atoms with E-state index in [2.05, 4.69) is 26.1 Å². The Morgan fingerprint density at radius 2 is 1.85 bits per heavy atom. The van der Waals surface area contributed by atoms with Crippen molar-refractivity contribution in [2.45, 2.75) is 45.1 Å². The second-order valence-corrected chi connectivity index (χ2v) is 8.29. The Hall–Kier alpha value is -1.07. The minimum Gasteiger partial charge on any atom is -0.381 e. The van der Waals surface area contributed by atoms with Crippen LogP contribution in [0.1, 0.15) is 34.1 Å². The second-order valence-electron chi connectivity index (χ2n) is 6.04. The zero-order valence-electron chi connectivity index (χ0n) is 12.8. The summed E-state index contributed by atoms with van der Waals surface area (Å²) in [6.45, 7) is 8.59. The van der Waals surface area contributed by atoms with Crippen molar-refractivity contribution in [3.8, 4) is 0 Å².